The van der Waals surface area contributed by atoms with E-state index in [9.17, 15) is 14.4 Å². The molecule has 18 heavy (non-hydrogen) atoms. The molecule has 2 fully saturated rings. The molecule has 2 amide bonds. The summed E-state index contributed by atoms with van der Waals surface area (Å²) in [5, 5.41) is 8.33. The third-order valence-corrected chi connectivity index (χ3v) is 3.76. The third-order valence-electron chi connectivity index (χ3n) is 3.76. The van der Waals surface area contributed by atoms with Gasteiger partial charge in [-0.15, -0.1) is 0 Å². The Balaban J connectivity index is 1.75. The number of carboxylic acid groups (broad SMARTS) is 1. The fraction of sp³-hybridized carbons (Fsp3) is 0.583. The van der Waals surface area contributed by atoms with E-state index in [0.29, 0.717) is 11.8 Å². The van der Waals surface area contributed by atoms with Gasteiger partial charge in [0.15, 0.2) is 0 Å². The number of carbonyl (C=O) groups excluding carboxylic acids is 2. The smallest absolute Gasteiger partial charge is 0.328 e. The van der Waals surface area contributed by atoms with Crippen molar-refractivity contribution in [3.8, 4) is 0 Å². The van der Waals surface area contributed by atoms with Crippen molar-refractivity contribution >= 4 is 17.8 Å². The lowest BCUT2D eigenvalue weighted by Gasteiger charge is -2.20. The second kappa shape index (κ2) is 5.20. The van der Waals surface area contributed by atoms with Gasteiger partial charge in [-0.1, -0.05) is 6.42 Å². The summed E-state index contributed by atoms with van der Waals surface area (Å²) in [5.74, 6) is -0.917. The van der Waals surface area contributed by atoms with E-state index in [-0.39, 0.29) is 11.8 Å². The zero-order chi connectivity index (χ0) is 13.1. The molecule has 2 bridgehead atoms. The summed E-state index contributed by atoms with van der Waals surface area (Å²) < 4.78 is 0. The Morgan fingerprint density at radius 3 is 2.39 bits per heavy atom. The Kier molecular flexibility index (Phi) is 3.64. The molecule has 0 unspecified atom stereocenters. The van der Waals surface area contributed by atoms with Crippen LogP contribution in [0.3, 0.4) is 0 Å². The maximum Gasteiger partial charge on any atom is 0.328 e. The molecule has 6 heteroatoms. The normalized spacial score (nSPS) is 29.4. The molecule has 2 aliphatic carbocycles. The molecule has 0 aliphatic heterocycles. The van der Waals surface area contributed by atoms with Crippen LogP contribution in [-0.4, -0.2) is 22.9 Å². The minimum Gasteiger partial charge on any atom is -0.478 e. The Morgan fingerprint density at radius 2 is 1.83 bits per heavy atom. The molecule has 0 heterocycles. The molecule has 2 saturated carbocycles. The number of nitrogens with one attached hydrogen (secondary N) is 2. The molecule has 3 atom stereocenters. The van der Waals surface area contributed by atoms with E-state index < -0.39 is 11.9 Å². The van der Waals surface area contributed by atoms with Gasteiger partial charge in [-0.2, -0.15) is 0 Å². The zero-order valence-electron chi connectivity index (χ0n) is 9.89. The van der Waals surface area contributed by atoms with Gasteiger partial charge in [-0.3, -0.25) is 20.4 Å². The zero-order valence-corrected chi connectivity index (χ0v) is 9.89. The maximum absolute atomic E-state index is 11.8. The van der Waals surface area contributed by atoms with Crippen molar-refractivity contribution in [1.82, 2.24) is 10.9 Å². The average molecular weight is 252 g/mol. The number of rotatable bonds is 3. The fourth-order valence-corrected chi connectivity index (χ4v) is 2.97. The van der Waals surface area contributed by atoms with E-state index in [1.54, 1.807) is 0 Å². The maximum atomic E-state index is 11.8. The van der Waals surface area contributed by atoms with Crippen LogP contribution in [0.4, 0.5) is 0 Å². The van der Waals surface area contributed by atoms with Gasteiger partial charge >= 0.3 is 5.97 Å². The topological polar surface area (TPSA) is 95.5 Å². The van der Waals surface area contributed by atoms with Crippen molar-refractivity contribution in [3.05, 3.63) is 12.2 Å². The highest BCUT2D eigenvalue weighted by molar-refractivity contribution is 5.95. The Bertz CT molecular complexity index is 405. The van der Waals surface area contributed by atoms with E-state index in [1.807, 2.05) is 0 Å². The summed E-state index contributed by atoms with van der Waals surface area (Å²) in [6.45, 7) is 0. The number of carbonyl (C=O) groups is 3. The van der Waals surface area contributed by atoms with E-state index in [0.717, 1.165) is 31.4 Å². The predicted octanol–water partition coefficient (Wildman–Crippen LogP) is 0.211. The molecule has 0 saturated heterocycles. The first-order valence-corrected chi connectivity index (χ1v) is 6.07. The van der Waals surface area contributed by atoms with Crippen molar-refractivity contribution in [2.24, 2.45) is 17.8 Å². The average Bonchev–Trinajstić information content (AvgIpc) is 2.95. The lowest BCUT2D eigenvalue weighted by atomic mass is 9.88. The van der Waals surface area contributed by atoms with Crippen molar-refractivity contribution < 1.29 is 19.5 Å². The van der Waals surface area contributed by atoms with Gasteiger partial charge in [0.25, 0.3) is 5.91 Å². The van der Waals surface area contributed by atoms with Crippen LogP contribution < -0.4 is 10.9 Å². The molecule has 0 spiro atoms. The number of carboxylic acids is 1. The minimum absolute atomic E-state index is 0.00694. The summed E-state index contributed by atoms with van der Waals surface area (Å²) >= 11 is 0. The number of amides is 2. The number of aliphatic carboxylic acids is 1. The van der Waals surface area contributed by atoms with Crippen LogP contribution >= 0.6 is 0 Å². The van der Waals surface area contributed by atoms with Gasteiger partial charge in [0, 0.05) is 18.1 Å². The van der Waals surface area contributed by atoms with Crippen LogP contribution in [0.1, 0.15) is 25.7 Å². The highest BCUT2D eigenvalue weighted by Crippen LogP contribution is 2.48. The van der Waals surface area contributed by atoms with E-state index >= 15 is 0 Å². The highest BCUT2D eigenvalue weighted by Gasteiger charge is 2.43. The van der Waals surface area contributed by atoms with Crippen LogP contribution in [0.15, 0.2) is 12.2 Å². The van der Waals surface area contributed by atoms with Gasteiger partial charge in [-0.05, 0) is 31.1 Å². The van der Waals surface area contributed by atoms with Crippen molar-refractivity contribution in [2.75, 3.05) is 0 Å². The predicted molar refractivity (Wildman–Crippen MR) is 62.0 cm³/mol. The SMILES string of the molecule is O=C(O)/C=C/C(=O)NNC(=O)[C@H]1C[C@H]2CC[C@@H]1C2. The lowest BCUT2D eigenvalue weighted by Crippen LogP contribution is -2.45. The second-order valence-corrected chi connectivity index (χ2v) is 4.93. The summed E-state index contributed by atoms with van der Waals surface area (Å²) in [5.41, 5.74) is 4.54. The van der Waals surface area contributed by atoms with Gasteiger partial charge in [0.2, 0.25) is 5.91 Å². The van der Waals surface area contributed by atoms with E-state index in [4.69, 9.17) is 5.11 Å². The monoisotopic (exact) mass is 252 g/mol. The second-order valence-electron chi connectivity index (χ2n) is 4.93. The molecule has 2 rings (SSSR count). The molecule has 6 nitrogen and oxygen atoms in total. The first-order valence-electron chi connectivity index (χ1n) is 6.07. The summed E-state index contributed by atoms with van der Waals surface area (Å²) in [6.07, 6.45) is 5.91. The van der Waals surface area contributed by atoms with Crippen LogP contribution in [0.2, 0.25) is 0 Å². The molecule has 0 aromatic rings. The molecule has 0 radical (unpaired) electrons. The van der Waals surface area contributed by atoms with Crippen LogP contribution in [0, 0.1) is 17.8 Å². The van der Waals surface area contributed by atoms with Gasteiger partial charge in [0.1, 0.15) is 0 Å². The standard InChI is InChI=1S/C12H16N2O4/c15-10(3-4-11(16)17)13-14-12(18)9-6-7-1-2-8(9)5-7/h3-4,7-9H,1-2,5-6H2,(H,13,15)(H,14,18)(H,16,17)/b4-3+/t7-,8+,9-/m0/s1. The van der Waals surface area contributed by atoms with Gasteiger partial charge < -0.3 is 5.11 Å². The van der Waals surface area contributed by atoms with Gasteiger partial charge in [0.05, 0.1) is 0 Å². The Hall–Kier alpha value is -1.85. The van der Waals surface area contributed by atoms with E-state index in [1.165, 1.54) is 6.42 Å². The number of fused-ring (bicyclic) bond motifs is 2. The first-order chi connectivity index (χ1) is 8.56. The molecule has 98 valence electrons. The third kappa shape index (κ3) is 2.88. The summed E-state index contributed by atoms with van der Waals surface area (Å²) in [7, 11) is 0. The number of hydrogen-bond donors (Lipinski definition) is 3. The highest BCUT2D eigenvalue weighted by atomic mass is 16.4. The molecular formula is C12H16N2O4. The lowest BCUT2D eigenvalue weighted by molar-refractivity contribution is -0.131. The Labute approximate surface area is 104 Å². The molecule has 0 aromatic carbocycles. The first kappa shape index (κ1) is 12.6. The Morgan fingerprint density at radius 1 is 1.06 bits per heavy atom. The number of hydrazine groups is 1. The molecule has 0 aromatic heterocycles. The van der Waals surface area contributed by atoms with E-state index in [2.05, 4.69) is 10.9 Å². The number of hydrogen-bond acceptors (Lipinski definition) is 3. The van der Waals surface area contributed by atoms with Crippen LogP contribution in [0.5, 0.6) is 0 Å². The van der Waals surface area contributed by atoms with Gasteiger partial charge in [-0.25, -0.2) is 4.79 Å². The fourth-order valence-electron chi connectivity index (χ4n) is 2.97. The largest absolute Gasteiger partial charge is 0.478 e. The van der Waals surface area contributed by atoms with Crippen molar-refractivity contribution in [3.63, 3.8) is 0 Å². The summed E-state index contributed by atoms with van der Waals surface area (Å²) in [6, 6.07) is 0. The molecular weight excluding hydrogens is 236 g/mol. The quantitative estimate of drug-likeness (QED) is 0.494. The molecule has 2 aliphatic rings. The molecule has 3 N–H and O–H groups in total. The van der Waals surface area contributed by atoms with Crippen molar-refractivity contribution in [2.45, 2.75) is 25.7 Å². The van der Waals surface area contributed by atoms with Crippen LogP contribution in [0.25, 0.3) is 0 Å². The summed E-state index contributed by atoms with van der Waals surface area (Å²) in [4.78, 5) is 33.1. The minimum atomic E-state index is -1.20. The van der Waals surface area contributed by atoms with Crippen LogP contribution in [-0.2, 0) is 14.4 Å². The van der Waals surface area contributed by atoms with Crippen molar-refractivity contribution in [1.29, 1.82) is 0 Å².